The van der Waals surface area contributed by atoms with Crippen molar-refractivity contribution >= 4 is 24.4 Å². The molecular weight excluding hydrogens is 260 g/mol. The monoisotopic (exact) mass is 284 g/mol. The summed E-state index contributed by atoms with van der Waals surface area (Å²) in [6.07, 6.45) is 8.69. The Kier molecular flexibility index (Phi) is 7.08. The summed E-state index contributed by atoms with van der Waals surface area (Å²) in [5, 5.41) is 0.888. The van der Waals surface area contributed by atoms with Gasteiger partial charge in [-0.05, 0) is 36.5 Å². The minimum atomic E-state index is 0.339. The summed E-state index contributed by atoms with van der Waals surface area (Å²) in [7, 11) is 0. The lowest BCUT2D eigenvalue weighted by atomic mass is 9.83. The summed E-state index contributed by atoms with van der Waals surface area (Å²) >= 11 is 6.35. The molecule has 0 saturated carbocycles. The zero-order chi connectivity index (χ0) is 13.4. The van der Waals surface area contributed by atoms with Gasteiger partial charge in [0.1, 0.15) is 0 Å². The molecule has 18 heavy (non-hydrogen) atoms. The van der Waals surface area contributed by atoms with Gasteiger partial charge < -0.3 is 0 Å². The van der Waals surface area contributed by atoms with Gasteiger partial charge in [0.05, 0.1) is 0 Å². The van der Waals surface area contributed by atoms with Crippen molar-refractivity contribution in [3.63, 3.8) is 0 Å². The SMILES string of the molecule is CCCC(CS)(CCC)CSc1ncc(C)cn1. The molecule has 0 N–H and O–H groups in total. The molecule has 0 atom stereocenters. The number of thioether (sulfide) groups is 1. The molecular formula is C14H24N2S2. The maximum Gasteiger partial charge on any atom is 0.187 e. The van der Waals surface area contributed by atoms with Crippen LogP contribution in [0.3, 0.4) is 0 Å². The van der Waals surface area contributed by atoms with Crippen molar-refractivity contribution in [2.45, 2.75) is 51.6 Å². The molecule has 0 aliphatic heterocycles. The molecule has 0 unspecified atom stereocenters. The Morgan fingerprint density at radius 1 is 1.17 bits per heavy atom. The van der Waals surface area contributed by atoms with Crippen molar-refractivity contribution < 1.29 is 0 Å². The van der Waals surface area contributed by atoms with Crippen LogP contribution in [0.1, 0.15) is 45.1 Å². The highest BCUT2D eigenvalue weighted by molar-refractivity contribution is 7.99. The number of aromatic nitrogens is 2. The van der Waals surface area contributed by atoms with Crippen LogP contribution in [-0.4, -0.2) is 21.5 Å². The minimum absolute atomic E-state index is 0.339. The Hall–Kier alpha value is -0.220. The van der Waals surface area contributed by atoms with Crippen LogP contribution in [0.15, 0.2) is 17.6 Å². The van der Waals surface area contributed by atoms with Crippen LogP contribution in [0.5, 0.6) is 0 Å². The van der Waals surface area contributed by atoms with Crippen molar-refractivity contribution in [2.75, 3.05) is 11.5 Å². The van der Waals surface area contributed by atoms with Gasteiger partial charge in [-0.15, -0.1) is 0 Å². The normalized spacial score (nSPS) is 11.8. The van der Waals surface area contributed by atoms with Gasteiger partial charge in [0.15, 0.2) is 5.16 Å². The fourth-order valence-corrected chi connectivity index (χ4v) is 3.87. The van der Waals surface area contributed by atoms with Crippen LogP contribution >= 0.6 is 24.4 Å². The lowest BCUT2D eigenvalue weighted by Gasteiger charge is -2.31. The lowest BCUT2D eigenvalue weighted by molar-refractivity contribution is 0.318. The number of thiol groups is 1. The van der Waals surface area contributed by atoms with E-state index in [0.29, 0.717) is 5.41 Å². The third kappa shape index (κ3) is 4.81. The average Bonchev–Trinajstić information content (AvgIpc) is 2.38. The van der Waals surface area contributed by atoms with E-state index in [0.717, 1.165) is 22.2 Å². The smallest absolute Gasteiger partial charge is 0.187 e. The van der Waals surface area contributed by atoms with Crippen molar-refractivity contribution in [3.8, 4) is 0 Å². The molecule has 1 aromatic rings. The molecule has 0 bridgehead atoms. The van der Waals surface area contributed by atoms with Crippen molar-refractivity contribution in [1.82, 2.24) is 9.97 Å². The number of rotatable bonds is 8. The van der Waals surface area contributed by atoms with E-state index in [1.165, 1.54) is 25.7 Å². The third-order valence-corrected chi connectivity index (χ3v) is 5.06. The Balaban J connectivity index is 2.63. The first kappa shape index (κ1) is 15.8. The van der Waals surface area contributed by atoms with Gasteiger partial charge in [-0.25, -0.2) is 9.97 Å². The molecule has 0 aliphatic rings. The molecule has 1 rings (SSSR count). The Labute approximate surface area is 121 Å². The zero-order valence-electron chi connectivity index (χ0n) is 11.6. The molecule has 2 nitrogen and oxygen atoms in total. The molecule has 0 aromatic carbocycles. The van der Waals surface area contributed by atoms with Gasteiger partial charge in [0.2, 0.25) is 0 Å². The van der Waals surface area contributed by atoms with E-state index in [9.17, 15) is 0 Å². The first-order valence-electron chi connectivity index (χ1n) is 6.68. The Bertz CT molecular complexity index is 332. The minimum Gasteiger partial charge on any atom is -0.231 e. The van der Waals surface area contributed by atoms with E-state index < -0.39 is 0 Å². The Morgan fingerprint density at radius 2 is 1.72 bits per heavy atom. The van der Waals surface area contributed by atoms with Gasteiger partial charge in [0, 0.05) is 18.1 Å². The first-order chi connectivity index (χ1) is 8.65. The summed E-state index contributed by atoms with van der Waals surface area (Å²) < 4.78 is 0. The van der Waals surface area contributed by atoms with Crippen LogP contribution in [0.25, 0.3) is 0 Å². The van der Waals surface area contributed by atoms with Crippen LogP contribution in [-0.2, 0) is 0 Å². The van der Waals surface area contributed by atoms with Gasteiger partial charge in [-0.3, -0.25) is 0 Å². The number of aryl methyl sites for hydroxylation is 1. The topological polar surface area (TPSA) is 25.8 Å². The van der Waals surface area contributed by atoms with Gasteiger partial charge in [-0.1, -0.05) is 38.5 Å². The maximum absolute atomic E-state index is 4.58. The van der Waals surface area contributed by atoms with E-state index >= 15 is 0 Å². The highest BCUT2D eigenvalue weighted by Crippen LogP contribution is 2.36. The summed E-state index contributed by atoms with van der Waals surface area (Å²) in [5.74, 6) is 2.02. The number of hydrogen-bond donors (Lipinski definition) is 1. The van der Waals surface area contributed by atoms with Gasteiger partial charge in [-0.2, -0.15) is 12.6 Å². The fourth-order valence-electron chi connectivity index (χ4n) is 2.21. The molecule has 102 valence electrons. The van der Waals surface area contributed by atoms with Gasteiger partial charge in [0.25, 0.3) is 0 Å². The molecule has 0 fully saturated rings. The quantitative estimate of drug-likeness (QED) is 0.435. The van der Waals surface area contributed by atoms with Crippen LogP contribution in [0, 0.1) is 12.3 Å². The second-order valence-electron chi connectivity index (χ2n) is 4.99. The molecule has 0 aliphatic carbocycles. The standard InChI is InChI=1S/C14H24N2S2/c1-4-6-14(10-17,7-5-2)11-18-13-15-8-12(3)9-16-13/h8-9,17H,4-7,10-11H2,1-3H3. The molecule has 1 aromatic heterocycles. The van der Waals surface area contributed by atoms with E-state index in [1.54, 1.807) is 11.8 Å². The predicted molar refractivity (Wildman–Crippen MR) is 83.6 cm³/mol. The van der Waals surface area contributed by atoms with Crippen LogP contribution in [0.2, 0.25) is 0 Å². The van der Waals surface area contributed by atoms with E-state index in [-0.39, 0.29) is 0 Å². The summed E-state index contributed by atoms with van der Waals surface area (Å²) in [6.45, 7) is 6.52. The number of hydrogen-bond acceptors (Lipinski definition) is 4. The Morgan fingerprint density at radius 3 is 2.17 bits per heavy atom. The predicted octanol–water partition coefficient (Wildman–Crippen LogP) is 4.39. The molecule has 4 heteroatoms. The summed E-state index contributed by atoms with van der Waals surface area (Å²) in [6, 6.07) is 0. The zero-order valence-corrected chi connectivity index (χ0v) is 13.4. The largest absolute Gasteiger partial charge is 0.231 e. The highest BCUT2D eigenvalue weighted by Gasteiger charge is 2.27. The van der Waals surface area contributed by atoms with E-state index in [1.807, 2.05) is 19.3 Å². The van der Waals surface area contributed by atoms with Gasteiger partial charge >= 0.3 is 0 Å². The third-order valence-electron chi connectivity index (χ3n) is 3.16. The molecule has 0 radical (unpaired) electrons. The second kappa shape index (κ2) is 8.05. The molecule has 0 spiro atoms. The molecule has 0 amide bonds. The van der Waals surface area contributed by atoms with Crippen molar-refractivity contribution in [1.29, 1.82) is 0 Å². The summed E-state index contributed by atoms with van der Waals surface area (Å²) in [5.41, 5.74) is 1.45. The maximum atomic E-state index is 4.58. The van der Waals surface area contributed by atoms with Crippen LogP contribution < -0.4 is 0 Å². The molecule has 0 saturated heterocycles. The fraction of sp³-hybridized carbons (Fsp3) is 0.714. The average molecular weight is 284 g/mol. The van der Waals surface area contributed by atoms with Crippen molar-refractivity contribution in [2.24, 2.45) is 5.41 Å². The number of nitrogens with zero attached hydrogens (tertiary/aromatic N) is 2. The van der Waals surface area contributed by atoms with E-state index in [4.69, 9.17) is 0 Å². The second-order valence-corrected chi connectivity index (χ2v) is 6.25. The highest BCUT2D eigenvalue weighted by atomic mass is 32.2. The summed E-state index contributed by atoms with van der Waals surface area (Å²) in [4.78, 5) is 8.73. The van der Waals surface area contributed by atoms with Crippen molar-refractivity contribution in [3.05, 3.63) is 18.0 Å². The lowest BCUT2D eigenvalue weighted by Crippen LogP contribution is -2.26. The van der Waals surface area contributed by atoms with Crippen LogP contribution in [0.4, 0.5) is 0 Å². The molecule has 1 heterocycles. The first-order valence-corrected chi connectivity index (χ1v) is 8.30. The van der Waals surface area contributed by atoms with E-state index in [2.05, 4.69) is 36.4 Å².